The summed E-state index contributed by atoms with van der Waals surface area (Å²) in [4.78, 5) is 11.7. The van der Waals surface area contributed by atoms with Gasteiger partial charge in [0, 0.05) is 17.2 Å². The van der Waals surface area contributed by atoms with Crippen LogP contribution in [0.5, 0.6) is 0 Å². The molecule has 1 amide bonds. The summed E-state index contributed by atoms with van der Waals surface area (Å²) >= 11 is 5.77. The van der Waals surface area contributed by atoms with E-state index in [4.69, 9.17) is 11.6 Å². The molecule has 1 heterocycles. The number of carbonyl (C=O) groups excluding carboxylic acids is 1. The molecular weight excluding hydrogens is 271 g/mol. The van der Waals surface area contributed by atoms with Crippen LogP contribution in [0.2, 0.25) is 5.02 Å². The third-order valence-electron chi connectivity index (χ3n) is 2.25. The van der Waals surface area contributed by atoms with Crippen LogP contribution in [-0.2, 0) is 11.2 Å². The Morgan fingerprint density at radius 3 is 2.33 bits per heavy atom. The second kappa shape index (κ2) is 6.99. The molecule has 0 aliphatic rings. The molecule has 0 saturated carbocycles. The lowest BCUT2D eigenvalue weighted by Crippen LogP contribution is -3.00. The number of hydrogen-bond acceptors (Lipinski definition) is 1. The van der Waals surface area contributed by atoms with Crippen molar-refractivity contribution in [1.29, 1.82) is 0 Å². The average molecular weight is 283 g/mol. The molecule has 5 heteroatoms. The summed E-state index contributed by atoms with van der Waals surface area (Å²) in [5, 5.41) is 0.673. The van der Waals surface area contributed by atoms with E-state index in [2.05, 4.69) is 5.43 Å². The van der Waals surface area contributed by atoms with Gasteiger partial charge in [0.2, 0.25) is 0 Å². The van der Waals surface area contributed by atoms with Crippen molar-refractivity contribution < 1.29 is 21.9 Å². The van der Waals surface area contributed by atoms with E-state index in [0.717, 1.165) is 5.56 Å². The fourth-order valence-corrected chi connectivity index (χ4v) is 1.57. The molecule has 3 nitrogen and oxygen atoms in total. The molecule has 0 bridgehead atoms. The number of nitrogens with zero attached hydrogens (tertiary/aromatic N) is 1. The van der Waals surface area contributed by atoms with Crippen molar-refractivity contribution >= 4 is 17.5 Å². The molecule has 1 aromatic carbocycles. The maximum Gasteiger partial charge on any atom is 0.279 e. The lowest BCUT2D eigenvalue weighted by atomic mass is 10.1. The Balaban J connectivity index is 0.00000162. The summed E-state index contributed by atoms with van der Waals surface area (Å²) in [6.07, 6.45) is 3.89. The van der Waals surface area contributed by atoms with Crippen LogP contribution in [-0.4, -0.2) is 5.91 Å². The Kier molecular flexibility index (Phi) is 5.62. The monoisotopic (exact) mass is 282 g/mol. The van der Waals surface area contributed by atoms with Crippen LogP contribution in [0.25, 0.3) is 0 Å². The minimum Gasteiger partial charge on any atom is -1.00 e. The average Bonchev–Trinajstić information content (AvgIpc) is 2.33. The molecule has 2 aromatic rings. The van der Waals surface area contributed by atoms with Crippen LogP contribution >= 0.6 is 11.6 Å². The molecule has 1 aromatic heterocycles. The van der Waals surface area contributed by atoms with E-state index < -0.39 is 0 Å². The summed E-state index contributed by atoms with van der Waals surface area (Å²) in [5.41, 5.74) is 3.68. The largest absolute Gasteiger partial charge is 1.00 e. The van der Waals surface area contributed by atoms with Crippen molar-refractivity contribution in [2.45, 2.75) is 6.42 Å². The summed E-state index contributed by atoms with van der Waals surface area (Å²) < 4.78 is 1.62. The molecule has 2 rings (SSSR count). The fraction of sp³-hybridized carbons (Fsp3) is 0.0769. The Morgan fingerprint density at radius 2 is 1.72 bits per heavy atom. The first-order valence-corrected chi connectivity index (χ1v) is 5.62. The molecule has 0 spiro atoms. The maximum absolute atomic E-state index is 11.7. The molecule has 0 unspecified atom stereocenters. The lowest BCUT2D eigenvalue weighted by Gasteiger charge is -2.00. The Labute approximate surface area is 117 Å². The Bertz CT molecular complexity index is 500. The van der Waals surface area contributed by atoms with Gasteiger partial charge in [-0.05, 0) is 17.7 Å². The quantitative estimate of drug-likeness (QED) is 0.716. The van der Waals surface area contributed by atoms with E-state index in [0.29, 0.717) is 11.4 Å². The van der Waals surface area contributed by atoms with Crippen LogP contribution in [0.1, 0.15) is 5.56 Å². The van der Waals surface area contributed by atoms with Gasteiger partial charge in [-0.15, -0.1) is 5.43 Å². The molecule has 0 fully saturated rings. The van der Waals surface area contributed by atoms with Gasteiger partial charge < -0.3 is 12.4 Å². The number of aromatic nitrogens is 1. The lowest BCUT2D eigenvalue weighted by molar-refractivity contribution is -0.642. The van der Waals surface area contributed by atoms with Crippen LogP contribution in [0.15, 0.2) is 54.9 Å². The number of benzene rings is 1. The molecular formula is C13H12Cl2N2O. The Hall–Kier alpha value is -1.58. The number of amides is 1. The maximum atomic E-state index is 11.7. The van der Waals surface area contributed by atoms with Gasteiger partial charge in [-0.2, -0.15) is 0 Å². The summed E-state index contributed by atoms with van der Waals surface area (Å²) in [6, 6.07) is 12.8. The van der Waals surface area contributed by atoms with E-state index in [1.165, 1.54) is 0 Å². The second-order valence-corrected chi connectivity index (χ2v) is 4.06. The van der Waals surface area contributed by atoms with Crippen molar-refractivity contribution in [2.75, 3.05) is 5.43 Å². The SMILES string of the molecule is O=C(Cc1ccc(Cl)cc1)N[n+]1ccccc1.[Cl-]. The van der Waals surface area contributed by atoms with Gasteiger partial charge >= 0.3 is 0 Å². The van der Waals surface area contributed by atoms with Gasteiger partial charge in [0.1, 0.15) is 0 Å². The van der Waals surface area contributed by atoms with E-state index in [-0.39, 0.29) is 18.3 Å². The summed E-state index contributed by atoms with van der Waals surface area (Å²) in [7, 11) is 0. The number of hydrogen-bond donors (Lipinski definition) is 1. The molecule has 0 saturated heterocycles. The molecule has 0 aliphatic heterocycles. The highest BCUT2D eigenvalue weighted by Crippen LogP contribution is 2.09. The fourth-order valence-electron chi connectivity index (χ4n) is 1.44. The van der Waals surface area contributed by atoms with Crippen molar-refractivity contribution in [2.24, 2.45) is 0 Å². The van der Waals surface area contributed by atoms with Crippen molar-refractivity contribution in [3.05, 3.63) is 65.4 Å². The van der Waals surface area contributed by atoms with E-state index in [9.17, 15) is 4.79 Å². The summed E-state index contributed by atoms with van der Waals surface area (Å²) in [5.74, 6) is -0.0662. The molecule has 0 atom stereocenters. The van der Waals surface area contributed by atoms with Gasteiger partial charge in [0.25, 0.3) is 5.91 Å². The minimum atomic E-state index is -0.0662. The first-order chi connectivity index (χ1) is 8.24. The predicted molar refractivity (Wildman–Crippen MR) is 66.2 cm³/mol. The first kappa shape index (κ1) is 14.5. The van der Waals surface area contributed by atoms with E-state index in [1.54, 1.807) is 29.2 Å². The summed E-state index contributed by atoms with van der Waals surface area (Å²) in [6.45, 7) is 0. The molecule has 18 heavy (non-hydrogen) atoms. The van der Waals surface area contributed by atoms with E-state index >= 15 is 0 Å². The normalized spacial score (nSPS) is 9.39. The van der Waals surface area contributed by atoms with Crippen LogP contribution in [0, 0.1) is 0 Å². The zero-order chi connectivity index (χ0) is 12.1. The Morgan fingerprint density at radius 1 is 1.11 bits per heavy atom. The highest BCUT2D eigenvalue weighted by Gasteiger charge is 2.07. The highest BCUT2D eigenvalue weighted by atomic mass is 35.5. The number of carbonyl (C=O) groups is 1. The van der Waals surface area contributed by atoms with E-state index in [1.807, 2.05) is 30.3 Å². The molecule has 94 valence electrons. The zero-order valence-corrected chi connectivity index (χ0v) is 11.0. The third-order valence-corrected chi connectivity index (χ3v) is 2.50. The van der Waals surface area contributed by atoms with Crippen molar-refractivity contribution in [3.63, 3.8) is 0 Å². The number of rotatable bonds is 3. The number of halogens is 2. The van der Waals surface area contributed by atoms with Gasteiger partial charge in [0.05, 0.1) is 6.42 Å². The zero-order valence-electron chi connectivity index (χ0n) is 9.51. The third kappa shape index (κ3) is 4.35. The highest BCUT2D eigenvalue weighted by molar-refractivity contribution is 6.30. The predicted octanol–water partition coefficient (Wildman–Crippen LogP) is -1.06. The van der Waals surface area contributed by atoms with Gasteiger partial charge in [-0.3, -0.25) is 4.79 Å². The smallest absolute Gasteiger partial charge is 0.279 e. The first-order valence-electron chi connectivity index (χ1n) is 5.24. The van der Waals surface area contributed by atoms with Crippen LogP contribution in [0.3, 0.4) is 0 Å². The topological polar surface area (TPSA) is 33.0 Å². The van der Waals surface area contributed by atoms with Gasteiger partial charge in [0.15, 0.2) is 12.4 Å². The molecule has 1 N–H and O–H groups in total. The second-order valence-electron chi connectivity index (χ2n) is 3.62. The molecule has 0 radical (unpaired) electrons. The van der Waals surface area contributed by atoms with Crippen LogP contribution in [0.4, 0.5) is 0 Å². The van der Waals surface area contributed by atoms with Gasteiger partial charge in [-0.25, -0.2) is 0 Å². The number of nitrogens with one attached hydrogen (secondary N) is 1. The molecule has 0 aliphatic carbocycles. The van der Waals surface area contributed by atoms with Crippen molar-refractivity contribution in [3.8, 4) is 0 Å². The standard InChI is InChI=1S/C13H11ClN2O.ClH/c14-12-6-4-11(5-7-12)10-13(17)15-16-8-2-1-3-9-16;/h1-9H,10H2;1H. The van der Waals surface area contributed by atoms with Crippen LogP contribution < -0.4 is 22.5 Å². The minimum absolute atomic E-state index is 0. The van der Waals surface area contributed by atoms with Gasteiger partial charge in [-0.1, -0.05) is 34.5 Å². The number of pyridine rings is 1. The van der Waals surface area contributed by atoms with Crippen molar-refractivity contribution in [1.82, 2.24) is 0 Å².